The first-order chi connectivity index (χ1) is 17.4. The van der Waals surface area contributed by atoms with E-state index in [2.05, 4.69) is 0 Å². The second kappa shape index (κ2) is 9.37. The Morgan fingerprint density at radius 3 is 1.30 bits per heavy atom. The van der Waals surface area contributed by atoms with E-state index in [9.17, 15) is 50.1 Å². The summed E-state index contributed by atoms with van der Waals surface area (Å²) in [6.45, 7) is 0. The monoisotopic (exact) mass is 514 g/mol. The number of aromatic hydroxyl groups is 7. The Labute approximate surface area is 206 Å². The van der Waals surface area contributed by atoms with Crippen LogP contribution in [0.3, 0.4) is 0 Å². The van der Waals surface area contributed by atoms with Crippen molar-refractivity contribution >= 4 is 17.9 Å². The van der Waals surface area contributed by atoms with Crippen molar-refractivity contribution in [2.24, 2.45) is 0 Å². The van der Waals surface area contributed by atoms with Crippen LogP contribution in [0.2, 0.25) is 0 Å². The number of rotatable bonds is 6. The predicted molar refractivity (Wildman–Crippen MR) is 119 cm³/mol. The normalized spacial score (nSPS) is 12.5. The lowest BCUT2D eigenvalue weighted by Gasteiger charge is -2.12. The Balaban J connectivity index is 1.59. The third-order valence-corrected chi connectivity index (χ3v) is 5.09. The maximum atomic E-state index is 12.7. The van der Waals surface area contributed by atoms with Crippen LogP contribution in [0.4, 0.5) is 0 Å². The molecule has 0 heterocycles. The van der Waals surface area contributed by atoms with Gasteiger partial charge in [0, 0.05) is 0 Å². The molecule has 13 nitrogen and oxygen atoms in total. The number of phenolic OH excluding ortho intramolecular Hbond substituents is 7. The number of carbonyl (C=O) groups excluding carboxylic acids is 3. The quantitative estimate of drug-likeness (QED) is 0.143. The van der Waals surface area contributed by atoms with E-state index in [1.807, 2.05) is 0 Å². The number of hydrogen-bond donors (Lipinski definition) is 7. The third-order valence-electron chi connectivity index (χ3n) is 5.09. The van der Waals surface area contributed by atoms with Crippen molar-refractivity contribution in [1.82, 2.24) is 0 Å². The molecule has 0 unspecified atom stereocenters. The van der Waals surface area contributed by atoms with Crippen LogP contribution in [0.25, 0.3) is 0 Å². The van der Waals surface area contributed by atoms with E-state index < -0.39 is 80.8 Å². The van der Waals surface area contributed by atoms with E-state index in [4.69, 9.17) is 14.2 Å². The van der Waals surface area contributed by atoms with Gasteiger partial charge in [-0.3, -0.25) is 0 Å². The highest BCUT2D eigenvalue weighted by molar-refractivity contribution is 5.96. The predicted octanol–water partition coefficient (Wildman–Crippen LogP) is 2.38. The smallest absolute Gasteiger partial charge is 0.343 e. The molecular formula is C24H18O13. The van der Waals surface area contributed by atoms with Crippen LogP contribution in [-0.2, 0) is 4.74 Å². The molecule has 3 aromatic carbocycles. The number of ether oxygens (including phenoxy) is 3. The minimum absolute atomic E-state index is 0.214. The number of carbonyl (C=O) groups is 3. The Morgan fingerprint density at radius 2 is 0.892 bits per heavy atom. The zero-order valence-electron chi connectivity index (χ0n) is 18.5. The van der Waals surface area contributed by atoms with Gasteiger partial charge in [0.1, 0.15) is 6.10 Å². The molecule has 0 aliphatic heterocycles. The van der Waals surface area contributed by atoms with E-state index in [1.165, 1.54) is 0 Å². The molecule has 1 aliphatic carbocycles. The Hall–Kier alpha value is -5.33. The molecule has 0 aromatic heterocycles. The van der Waals surface area contributed by atoms with Crippen molar-refractivity contribution in [2.45, 2.75) is 18.9 Å². The highest BCUT2D eigenvalue weighted by Crippen LogP contribution is 2.41. The van der Waals surface area contributed by atoms with Crippen LogP contribution >= 0.6 is 0 Å². The van der Waals surface area contributed by atoms with Gasteiger partial charge in [0.05, 0.1) is 16.7 Å². The number of esters is 3. The van der Waals surface area contributed by atoms with Crippen molar-refractivity contribution in [3.63, 3.8) is 0 Å². The molecule has 1 saturated carbocycles. The maximum absolute atomic E-state index is 12.7. The fourth-order valence-corrected chi connectivity index (χ4v) is 3.02. The second-order valence-electron chi connectivity index (χ2n) is 7.93. The zero-order valence-corrected chi connectivity index (χ0v) is 18.5. The fourth-order valence-electron chi connectivity index (χ4n) is 3.02. The lowest BCUT2D eigenvalue weighted by Crippen LogP contribution is -2.12. The molecule has 0 radical (unpaired) electrons. The summed E-state index contributed by atoms with van der Waals surface area (Å²) < 4.78 is 15.1. The van der Waals surface area contributed by atoms with Gasteiger partial charge < -0.3 is 50.0 Å². The minimum Gasteiger partial charge on any atom is -0.504 e. The third kappa shape index (κ3) is 5.19. The van der Waals surface area contributed by atoms with Crippen LogP contribution in [0, 0.1) is 0 Å². The molecule has 192 valence electrons. The van der Waals surface area contributed by atoms with Gasteiger partial charge in [-0.25, -0.2) is 14.4 Å². The Bertz CT molecular complexity index is 1420. The van der Waals surface area contributed by atoms with Gasteiger partial charge >= 0.3 is 17.9 Å². The average Bonchev–Trinajstić information content (AvgIpc) is 3.66. The summed E-state index contributed by atoms with van der Waals surface area (Å²) in [5.41, 5.74) is -1.18. The highest BCUT2D eigenvalue weighted by Gasteiger charge is 2.28. The standard InChI is InChI=1S/C24H18O13/c25-13-3-9(4-14(26)19(13)29)23(33)36-18-8-11(6-16(28)21(18)31)24(34)37-17-7-10(5-15(27)20(17)30)22(32)35-12-1-2-12/h3-8,12,25-31H,1-2H2. The molecule has 4 rings (SSSR count). The van der Waals surface area contributed by atoms with E-state index in [1.54, 1.807) is 0 Å². The second-order valence-corrected chi connectivity index (χ2v) is 7.93. The zero-order chi connectivity index (χ0) is 27.0. The topological polar surface area (TPSA) is 221 Å². The Morgan fingerprint density at radius 1 is 0.541 bits per heavy atom. The van der Waals surface area contributed by atoms with Crippen molar-refractivity contribution < 1.29 is 64.3 Å². The van der Waals surface area contributed by atoms with E-state index >= 15 is 0 Å². The van der Waals surface area contributed by atoms with Crippen molar-refractivity contribution in [2.75, 3.05) is 0 Å². The first-order valence-corrected chi connectivity index (χ1v) is 10.5. The van der Waals surface area contributed by atoms with E-state index in [-0.39, 0.29) is 11.7 Å². The average molecular weight is 514 g/mol. The largest absolute Gasteiger partial charge is 0.504 e. The Kier molecular flexibility index (Phi) is 6.28. The van der Waals surface area contributed by atoms with Crippen LogP contribution in [0.1, 0.15) is 43.9 Å². The molecule has 0 atom stereocenters. The summed E-state index contributed by atoms with van der Waals surface area (Å²) >= 11 is 0. The van der Waals surface area contributed by atoms with Crippen molar-refractivity contribution in [3.8, 4) is 51.7 Å². The van der Waals surface area contributed by atoms with E-state index in [0.717, 1.165) is 36.4 Å². The molecule has 0 spiro atoms. The van der Waals surface area contributed by atoms with Gasteiger partial charge in [0.2, 0.25) is 11.5 Å². The summed E-state index contributed by atoms with van der Waals surface area (Å²) in [7, 11) is 0. The minimum atomic E-state index is -1.27. The molecule has 1 fully saturated rings. The number of phenols is 7. The lowest BCUT2D eigenvalue weighted by molar-refractivity contribution is 0.0469. The van der Waals surface area contributed by atoms with Gasteiger partial charge in [0.25, 0.3) is 0 Å². The first-order valence-electron chi connectivity index (χ1n) is 10.5. The summed E-state index contributed by atoms with van der Waals surface area (Å²) in [6.07, 6.45) is 1.11. The summed E-state index contributed by atoms with van der Waals surface area (Å²) in [6, 6.07) is 4.90. The van der Waals surface area contributed by atoms with Gasteiger partial charge in [-0.15, -0.1) is 0 Å². The molecule has 1 aliphatic rings. The lowest BCUT2D eigenvalue weighted by atomic mass is 10.1. The number of benzene rings is 3. The van der Waals surface area contributed by atoms with Crippen LogP contribution in [0.15, 0.2) is 36.4 Å². The summed E-state index contributed by atoms with van der Waals surface area (Å²) in [5, 5.41) is 68.5. The van der Waals surface area contributed by atoms with Gasteiger partial charge in [-0.1, -0.05) is 0 Å². The fraction of sp³-hybridized carbons (Fsp3) is 0.125. The maximum Gasteiger partial charge on any atom is 0.343 e. The summed E-state index contributed by atoms with van der Waals surface area (Å²) in [4.78, 5) is 37.2. The SMILES string of the molecule is O=C(Oc1cc(C(=O)Oc2cc(C(=O)OC3CC3)cc(O)c2O)cc(O)c1O)c1cc(O)c(O)c(O)c1. The molecular weight excluding hydrogens is 496 g/mol. The highest BCUT2D eigenvalue weighted by atomic mass is 16.6. The molecule has 7 N–H and O–H groups in total. The first kappa shape index (κ1) is 24.8. The molecule has 0 saturated heterocycles. The summed E-state index contributed by atoms with van der Waals surface area (Å²) in [5.74, 6) is -10.8. The van der Waals surface area contributed by atoms with Crippen LogP contribution in [-0.4, -0.2) is 59.8 Å². The van der Waals surface area contributed by atoms with Crippen LogP contribution in [0.5, 0.6) is 51.7 Å². The molecule has 0 amide bonds. The van der Waals surface area contributed by atoms with Crippen LogP contribution < -0.4 is 9.47 Å². The van der Waals surface area contributed by atoms with Gasteiger partial charge in [-0.05, 0) is 49.2 Å². The molecule has 0 bridgehead atoms. The molecule has 13 heteroatoms. The molecule has 3 aromatic rings. The number of hydrogen-bond acceptors (Lipinski definition) is 13. The van der Waals surface area contributed by atoms with Crippen molar-refractivity contribution in [1.29, 1.82) is 0 Å². The van der Waals surface area contributed by atoms with Crippen molar-refractivity contribution in [3.05, 3.63) is 53.1 Å². The van der Waals surface area contributed by atoms with Gasteiger partial charge in [-0.2, -0.15) is 0 Å². The van der Waals surface area contributed by atoms with E-state index in [0.29, 0.717) is 12.8 Å². The molecule has 37 heavy (non-hydrogen) atoms. The van der Waals surface area contributed by atoms with Gasteiger partial charge in [0.15, 0.2) is 40.2 Å².